The van der Waals surface area contributed by atoms with E-state index in [1.165, 1.54) is 32.1 Å². The molecule has 3 heterocycles. The Balaban J connectivity index is 1.34. The van der Waals surface area contributed by atoms with Crippen molar-refractivity contribution < 1.29 is 9.90 Å². The molecule has 3 aliphatic rings. The Bertz CT molecular complexity index is 1410. The van der Waals surface area contributed by atoms with E-state index in [2.05, 4.69) is 10.2 Å². The maximum atomic E-state index is 13.4. The molecular formula is C28H32N4O3. The number of benzene rings is 1. The summed E-state index contributed by atoms with van der Waals surface area (Å²) >= 11 is 0. The van der Waals surface area contributed by atoms with Gasteiger partial charge in [0.2, 0.25) is 0 Å². The number of fused-ring (bicyclic) bond motifs is 1. The molecular weight excluding hydrogens is 440 g/mol. The number of para-hydroxylation sites is 1. The number of nitrogens with zero attached hydrogens (tertiary/aromatic N) is 3. The Morgan fingerprint density at radius 2 is 1.86 bits per heavy atom. The molecule has 6 rings (SSSR count). The smallest absolute Gasteiger partial charge is 0.337 e. The van der Waals surface area contributed by atoms with Crippen molar-refractivity contribution in [1.29, 1.82) is 0 Å². The lowest BCUT2D eigenvalue weighted by Crippen LogP contribution is -2.67. The number of rotatable bonds is 5. The molecule has 0 amide bonds. The Morgan fingerprint density at radius 1 is 1.14 bits per heavy atom. The van der Waals surface area contributed by atoms with Crippen molar-refractivity contribution in [2.24, 2.45) is 10.8 Å². The number of carboxylic acids is 1. The maximum absolute atomic E-state index is 13.4. The molecule has 0 bridgehead atoms. The van der Waals surface area contributed by atoms with Crippen LogP contribution < -0.4 is 15.8 Å². The molecule has 0 radical (unpaired) electrons. The molecule has 7 nitrogen and oxygen atoms in total. The molecule has 7 heteroatoms. The first-order chi connectivity index (χ1) is 16.7. The molecule has 1 saturated heterocycles. The van der Waals surface area contributed by atoms with Gasteiger partial charge >= 0.3 is 5.97 Å². The standard InChI is InChI=1S/C28H32N4O3/c1-17-11-21(19(3)29-22-8-5-4-7-20(22)26(34)35)24-30-23(18(2)25(33)32(24)12-17)31-15-28(16-31)13-27(14-28)9-6-10-27/h4-5,7-8,11-12,19,29H,6,9-10,13-16H2,1-3H3,(H,34,35). The highest BCUT2D eigenvalue weighted by molar-refractivity contribution is 5.94. The van der Waals surface area contributed by atoms with Gasteiger partial charge in [-0.2, -0.15) is 0 Å². The van der Waals surface area contributed by atoms with Gasteiger partial charge in [0.15, 0.2) is 0 Å². The van der Waals surface area contributed by atoms with Crippen LogP contribution in [0.4, 0.5) is 11.5 Å². The molecule has 3 aromatic rings. The Labute approximate surface area is 204 Å². The highest BCUT2D eigenvalue weighted by atomic mass is 16.4. The van der Waals surface area contributed by atoms with Crippen LogP contribution in [0.5, 0.6) is 0 Å². The fourth-order valence-electron chi connectivity index (χ4n) is 6.92. The van der Waals surface area contributed by atoms with Crippen LogP contribution in [0, 0.1) is 24.7 Å². The van der Waals surface area contributed by atoms with Gasteiger partial charge in [-0.1, -0.05) is 18.6 Å². The number of nitrogens with one attached hydrogen (secondary N) is 1. The zero-order chi connectivity index (χ0) is 24.5. The molecule has 1 unspecified atom stereocenters. The summed E-state index contributed by atoms with van der Waals surface area (Å²) in [6.07, 6.45) is 8.66. The van der Waals surface area contributed by atoms with Crippen molar-refractivity contribution in [2.75, 3.05) is 23.3 Å². The number of aryl methyl sites for hydroxylation is 1. The van der Waals surface area contributed by atoms with Crippen LogP contribution in [0.1, 0.15) is 72.1 Å². The van der Waals surface area contributed by atoms with Crippen LogP contribution in [0.25, 0.3) is 5.65 Å². The lowest BCUT2D eigenvalue weighted by molar-refractivity contribution is -0.111. The number of aromatic nitrogens is 2. The molecule has 2 aromatic heterocycles. The predicted octanol–water partition coefficient (Wildman–Crippen LogP) is 4.95. The first-order valence-electron chi connectivity index (χ1n) is 12.6. The van der Waals surface area contributed by atoms with Crippen LogP contribution >= 0.6 is 0 Å². The van der Waals surface area contributed by atoms with Crippen LogP contribution in [-0.4, -0.2) is 33.6 Å². The van der Waals surface area contributed by atoms with E-state index in [1.54, 1.807) is 22.6 Å². The summed E-state index contributed by atoms with van der Waals surface area (Å²) in [5.74, 6) is -0.188. The molecule has 1 atom stereocenters. The van der Waals surface area contributed by atoms with Gasteiger partial charge < -0.3 is 15.3 Å². The Kier molecular flexibility index (Phi) is 4.79. The van der Waals surface area contributed by atoms with E-state index >= 15 is 0 Å². The summed E-state index contributed by atoms with van der Waals surface area (Å²) in [6, 6.07) is 8.66. The quantitative estimate of drug-likeness (QED) is 0.546. The summed E-state index contributed by atoms with van der Waals surface area (Å²) in [5.41, 5.74) is 4.90. The summed E-state index contributed by atoms with van der Waals surface area (Å²) in [7, 11) is 0. The number of hydrogen-bond acceptors (Lipinski definition) is 5. The minimum Gasteiger partial charge on any atom is -0.478 e. The van der Waals surface area contributed by atoms with Crippen LogP contribution in [0.3, 0.4) is 0 Å². The van der Waals surface area contributed by atoms with Gasteiger partial charge in [-0.15, -0.1) is 0 Å². The largest absolute Gasteiger partial charge is 0.478 e. The van der Waals surface area contributed by atoms with Crippen molar-refractivity contribution in [1.82, 2.24) is 9.38 Å². The van der Waals surface area contributed by atoms with Gasteiger partial charge in [-0.3, -0.25) is 9.20 Å². The van der Waals surface area contributed by atoms with Crippen molar-refractivity contribution >= 4 is 23.1 Å². The molecule has 2 saturated carbocycles. The molecule has 2 aliphatic carbocycles. The summed E-state index contributed by atoms with van der Waals surface area (Å²) in [5, 5.41) is 12.9. The van der Waals surface area contributed by atoms with Gasteiger partial charge in [-0.05, 0) is 75.6 Å². The average Bonchev–Trinajstić information content (AvgIpc) is 2.74. The minimum atomic E-state index is -0.979. The van der Waals surface area contributed by atoms with Gasteiger partial charge in [0.25, 0.3) is 5.56 Å². The third kappa shape index (κ3) is 3.43. The monoisotopic (exact) mass is 472 g/mol. The second-order valence-electron chi connectivity index (χ2n) is 11.3. The second-order valence-corrected chi connectivity index (χ2v) is 11.3. The van der Waals surface area contributed by atoms with E-state index in [4.69, 9.17) is 4.98 Å². The molecule has 35 heavy (non-hydrogen) atoms. The van der Waals surface area contributed by atoms with Crippen LogP contribution in [-0.2, 0) is 0 Å². The van der Waals surface area contributed by atoms with Gasteiger partial charge in [0.1, 0.15) is 11.5 Å². The van der Waals surface area contributed by atoms with Crippen LogP contribution in [0.15, 0.2) is 41.3 Å². The van der Waals surface area contributed by atoms with Gasteiger partial charge in [0, 0.05) is 36.0 Å². The molecule has 2 N–H and O–H groups in total. The topological polar surface area (TPSA) is 86.9 Å². The first kappa shape index (κ1) is 22.1. The number of anilines is 2. The van der Waals surface area contributed by atoms with Gasteiger partial charge in [0.05, 0.1) is 17.2 Å². The third-order valence-electron chi connectivity index (χ3n) is 8.55. The summed E-state index contributed by atoms with van der Waals surface area (Å²) in [4.78, 5) is 32.4. The number of carbonyl (C=O) groups is 1. The first-order valence-corrected chi connectivity index (χ1v) is 12.6. The summed E-state index contributed by atoms with van der Waals surface area (Å²) < 4.78 is 1.65. The van der Waals surface area contributed by atoms with E-state index in [-0.39, 0.29) is 17.2 Å². The zero-order valence-corrected chi connectivity index (χ0v) is 20.6. The maximum Gasteiger partial charge on any atom is 0.337 e. The predicted molar refractivity (Wildman–Crippen MR) is 137 cm³/mol. The van der Waals surface area contributed by atoms with E-state index in [0.29, 0.717) is 27.7 Å². The lowest BCUT2D eigenvalue weighted by atomic mass is 9.43. The van der Waals surface area contributed by atoms with E-state index in [9.17, 15) is 14.7 Å². The molecule has 3 fully saturated rings. The number of pyridine rings is 1. The number of hydrogen-bond donors (Lipinski definition) is 2. The molecule has 1 aliphatic heterocycles. The molecule has 2 spiro atoms. The number of aromatic carboxylic acids is 1. The molecule has 182 valence electrons. The highest BCUT2D eigenvalue weighted by Gasteiger charge is 2.61. The second kappa shape index (κ2) is 7.57. The van der Waals surface area contributed by atoms with E-state index in [1.807, 2.05) is 39.1 Å². The van der Waals surface area contributed by atoms with Crippen molar-refractivity contribution in [3.8, 4) is 0 Å². The fraction of sp³-hybridized carbons (Fsp3) is 0.464. The fourth-order valence-corrected chi connectivity index (χ4v) is 6.92. The third-order valence-corrected chi connectivity index (χ3v) is 8.55. The normalized spacial score (nSPS) is 20.3. The van der Waals surface area contributed by atoms with Crippen LogP contribution in [0.2, 0.25) is 0 Å². The highest BCUT2D eigenvalue weighted by Crippen LogP contribution is 2.67. The summed E-state index contributed by atoms with van der Waals surface area (Å²) in [6.45, 7) is 7.79. The van der Waals surface area contributed by atoms with Crippen molar-refractivity contribution in [3.05, 3.63) is 69.1 Å². The number of carboxylic acid groups (broad SMARTS) is 1. The van der Waals surface area contributed by atoms with E-state index < -0.39 is 5.97 Å². The lowest BCUT2D eigenvalue weighted by Gasteiger charge is -2.68. The Morgan fingerprint density at radius 3 is 2.51 bits per heavy atom. The van der Waals surface area contributed by atoms with E-state index in [0.717, 1.165) is 30.0 Å². The van der Waals surface area contributed by atoms with Crippen molar-refractivity contribution in [3.63, 3.8) is 0 Å². The minimum absolute atomic E-state index is 0.0434. The Hall–Kier alpha value is -3.35. The molecule has 1 aromatic carbocycles. The zero-order valence-electron chi connectivity index (χ0n) is 20.6. The SMILES string of the molecule is Cc1cc(C(C)Nc2ccccc2C(=O)O)c2nc(N3CC4(C3)CC3(CCC3)C4)c(C)c(=O)n2c1. The van der Waals surface area contributed by atoms with Gasteiger partial charge in [-0.25, -0.2) is 9.78 Å². The average molecular weight is 473 g/mol. The van der Waals surface area contributed by atoms with Crippen molar-refractivity contribution in [2.45, 2.75) is 58.9 Å².